The van der Waals surface area contributed by atoms with E-state index >= 15 is 0 Å². The van der Waals surface area contributed by atoms with Crippen LogP contribution in [-0.2, 0) is 19.1 Å². The summed E-state index contributed by atoms with van der Waals surface area (Å²) in [5.41, 5.74) is 1.04. The van der Waals surface area contributed by atoms with Gasteiger partial charge >= 0.3 is 5.97 Å². The Morgan fingerprint density at radius 3 is 2.66 bits per heavy atom. The standard InChI is InChI=1S/C31H46N2O9S2/c1-4-22(34)18(2)11-10-12-20-16-42-29(28(39)27(20)38)26(37)19(3)15-24(36)41-14-9-7-5-6-8-13-23(35)33-25-30-21(17-43-44-30)32-31(25)40/h10-11,15,17-18,20,22,26-29,34,37-39H,4-9,12-14,16H2,1-3H3,(H,32,40)(H,33,35)/b11-10+,19-15+/t18-,20+,22+,26?,27-,28-,29+/m1/s1. The third-order valence-corrected chi connectivity index (χ3v) is 10.1. The molecule has 0 aromatic carbocycles. The molecule has 1 fully saturated rings. The highest BCUT2D eigenvalue weighted by molar-refractivity contribution is 7.70. The molecule has 0 aromatic heterocycles. The number of amides is 1. The zero-order chi connectivity index (χ0) is 32.2. The highest BCUT2D eigenvalue weighted by Gasteiger charge is 2.41. The number of carbonyl (C=O) groups is 2. The van der Waals surface area contributed by atoms with Gasteiger partial charge in [-0.1, -0.05) is 65.9 Å². The molecule has 0 aromatic rings. The third-order valence-electron chi connectivity index (χ3n) is 8.00. The number of aromatic amines is 1. The van der Waals surface area contributed by atoms with Gasteiger partial charge in [-0.25, -0.2) is 4.79 Å². The Kier molecular flexibility index (Phi) is 14.7. The molecule has 3 rings (SSSR count). The van der Waals surface area contributed by atoms with Crippen molar-refractivity contribution < 1.29 is 39.5 Å². The molecule has 1 amide bonds. The van der Waals surface area contributed by atoms with Gasteiger partial charge in [0.1, 0.15) is 24.0 Å². The predicted molar refractivity (Wildman–Crippen MR) is 171 cm³/mol. The number of allylic oxidation sites excluding steroid dienone is 1. The number of ether oxygens (including phenoxy) is 2. The third kappa shape index (κ3) is 10.3. The van der Waals surface area contributed by atoms with Crippen molar-refractivity contribution >= 4 is 38.2 Å². The molecule has 0 aliphatic carbocycles. The number of hydrogen-bond donors (Lipinski definition) is 6. The van der Waals surface area contributed by atoms with Crippen molar-refractivity contribution in [3.8, 4) is 10.6 Å². The maximum absolute atomic E-state index is 12.3. The first-order valence-electron chi connectivity index (χ1n) is 15.3. The van der Waals surface area contributed by atoms with E-state index in [4.69, 9.17) is 9.47 Å². The first kappa shape index (κ1) is 36.1. The van der Waals surface area contributed by atoms with Gasteiger partial charge in [0.25, 0.3) is 5.56 Å². The number of H-pyrrole nitrogens is 1. The van der Waals surface area contributed by atoms with E-state index in [9.17, 15) is 34.8 Å². The number of anilines is 1. The van der Waals surface area contributed by atoms with Gasteiger partial charge in [0.05, 0.1) is 36.0 Å². The van der Waals surface area contributed by atoms with E-state index in [0.717, 1.165) is 29.8 Å². The van der Waals surface area contributed by atoms with Crippen molar-refractivity contribution in [3.05, 3.63) is 39.5 Å². The smallest absolute Gasteiger partial charge is 0.330 e. The van der Waals surface area contributed by atoms with E-state index in [1.54, 1.807) is 0 Å². The topological polar surface area (TPSA) is 178 Å². The van der Waals surface area contributed by atoms with E-state index in [2.05, 4.69) is 10.3 Å². The lowest BCUT2D eigenvalue weighted by atomic mass is 9.86. The van der Waals surface area contributed by atoms with Crippen LogP contribution in [0.5, 0.6) is 0 Å². The second-order valence-corrected chi connectivity index (χ2v) is 13.6. The predicted octanol–water partition coefficient (Wildman–Crippen LogP) is 3.82. The molecule has 44 heavy (non-hydrogen) atoms. The van der Waals surface area contributed by atoms with Crippen LogP contribution in [0.1, 0.15) is 72.1 Å². The molecule has 0 bridgehead atoms. The van der Waals surface area contributed by atoms with E-state index in [1.165, 1.54) is 33.7 Å². The van der Waals surface area contributed by atoms with Crippen LogP contribution < -0.4 is 10.9 Å². The first-order valence-corrected chi connectivity index (χ1v) is 17.5. The van der Waals surface area contributed by atoms with Crippen LogP contribution in [0.25, 0.3) is 10.6 Å². The number of aliphatic hydroxyl groups is 4. The van der Waals surface area contributed by atoms with Crippen LogP contribution in [0.3, 0.4) is 0 Å². The van der Waals surface area contributed by atoms with Crippen LogP contribution in [0.2, 0.25) is 0 Å². The van der Waals surface area contributed by atoms with Crippen LogP contribution >= 0.6 is 20.7 Å². The average molecular weight is 655 g/mol. The molecule has 246 valence electrons. The Morgan fingerprint density at radius 2 is 1.91 bits per heavy atom. The summed E-state index contributed by atoms with van der Waals surface area (Å²) >= 11 is 0. The molecule has 0 radical (unpaired) electrons. The van der Waals surface area contributed by atoms with E-state index in [0.29, 0.717) is 37.8 Å². The Hall–Kier alpha value is -2.39. The number of hydrogen-bond acceptors (Lipinski definition) is 11. The summed E-state index contributed by atoms with van der Waals surface area (Å²) in [6.07, 6.45) is 4.90. The van der Waals surface area contributed by atoms with Crippen LogP contribution in [0.4, 0.5) is 5.69 Å². The van der Waals surface area contributed by atoms with E-state index in [1.807, 2.05) is 31.4 Å². The normalized spacial score (nSPS) is 23.1. The summed E-state index contributed by atoms with van der Waals surface area (Å²) in [4.78, 5) is 40.0. The number of aromatic nitrogens is 1. The average Bonchev–Trinajstić information content (AvgIpc) is 3.57. The molecule has 13 heteroatoms. The fourth-order valence-corrected chi connectivity index (χ4v) is 7.27. The molecule has 3 aliphatic rings. The van der Waals surface area contributed by atoms with Crippen LogP contribution in [0, 0.1) is 11.8 Å². The molecular weight excluding hydrogens is 608 g/mol. The second-order valence-electron chi connectivity index (χ2n) is 11.5. The first-order chi connectivity index (χ1) is 21.0. The van der Waals surface area contributed by atoms with Crippen molar-refractivity contribution in [2.75, 3.05) is 18.5 Å². The zero-order valence-electron chi connectivity index (χ0n) is 25.6. The van der Waals surface area contributed by atoms with Crippen LogP contribution in [-0.4, -0.2) is 81.0 Å². The maximum atomic E-state index is 12.3. The molecule has 0 saturated carbocycles. The quantitative estimate of drug-likeness (QED) is 0.0486. The van der Waals surface area contributed by atoms with Gasteiger partial charge in [0.15, 0.2) is 0 Å². The van der Waals surface area contributed by atoms with Crippen molar-refractivity contribution in [1.29, 1.82) is 0 Å². The summed E-state index contributed by atoms with van der Waals surface area (Å²) in [7, 11) is 2.95. The van der Waals surface area contributed by atoms with Gasteiger partial charge in [0.2, 0.25) is 5.91 Å². The van der Waals surface area contributed by atoms with Crippen molar-refractivity contribution in [1.82, 2.24) is 4.98 Å². The lowest BCUT2D eigenvalue weighted by molar-refractivity contribution is -0.187. The highest BCUT2D eigenvalue weighted by atomic mass is 32.9. The maximum Gasteiger partial charge on any atom is 0.330 e. The number of unbranched alkanes of at least 4 members (excludes halogenated alkanes) is 4. The number of carbonyl (C=O) groups excluding carboxylic acids is 2. The van der Waals surface area contributed by atoms with Gasteiger partial charge in [-0.15, -0.1) is 0 Å². The van der Waals surface area contributed by atoms with Crippen LogP contribution in [0.15, 0.2) is 34.0 Å². The molecule has 11 nitrogen and oxygen atoms in total. The summed E-state index contributed by atoms with van der Waals surface area (Å²) in [5.74, 6) is -1.19. The van der Waals surface area contributed by atoms with Gasteiger partial charge in [-0.05, 0) is 44.1 Å². The van der Waals surface area contributed by atoms with Gasteiger partial charge in [0, 0.05) is 23.8 Å². The SMILES string of the molecule is CC[C@H](O)[C@H](C)/C=C/C[C@H]1CO[C@@H](C(O)/C(C)=C/C(=O)OCCCCCCCC(=O)Nc2c3sscc-3[nH]c2=O)[C@H](O)[C@@H]1O. The largest absolute Gasteiger partial charge is 0.463 e. The molecular formula is C31H46N2O9S2. The summed E-state index contributed by atoms with van der Waals surface area (Å²) in [5, 5.41) is 46.4. The summed E-state index contributed by atoms with van der Waals surface area (Å²) in [6, 6.07) is 0. The fraction of sp³-hybridized carbons (Fsp3) is 0.645. The summed E-state index contributed by atoms with van der Waals surface area (Å²) < 4.78 is 10.9. The lowest BCUT2D eigenvalue weighted by Gasteiger charge is -2.39. The number of fused-ring (bicyclic) bond motifs is 1. The Labute approximate surface area is 265 Å². The number of nitrogens with one attached hydrogen (secondary N) is 2. The monoisotopic (exact) mass is 654 g/mol. The minimum atomic E-state index is -1.34. The van der Waals surface area contributed by atoms with E-state index in [-0.39, 0.29) is 42.1 Å². The summed E-state index contributed by atoms with van der Waals surface area (Å²) in [6.45, 7) is 5.69. The number of aliphatic hydroxyl groups excluding tert-OH is 4. The minimum absolute atomic E-state index is 0.0247. The molecule has 1 unspecified atom stereocenters. The van der Waals surface area contributed by atoms with Gasteiger partial charge < -0.3 is 40.2 Å². The van der Waals surface area contributed by atoms with Crippen molar-refractivity contribution in [2.45, 2.75) is 103 Å². The molecule has 3 heterocycles. The van der Waals surface area contributed by atoms with Gasteiger partial charge in [-0.3, -0.25) is 9.59 Å². The van der Waals surface area contributed by atoms with Crippen molar-refractivity contribution in [3.63, 3.8) is 0 Å². The Bertz CT molecular complexity index is 1270. The van der Waals surface area contributed by atoms with Gasteiger partial charge in [-0.2, -0.15) is 0 Å². The fourth-order valence-electron chi connectivity index (χ4n) is 5.11. The molecule has 6 N–H and O–H groups in total. The van der Waals surface area contributed by atoms with E-state index < -0.39 is 36.5 Å². The lowest BCUT2D eigenvalue weighted by Crippen LogP contribution is -2.54. The molecule has 0 spiro atoms. The Balaban J connectivity index is 1.29. The number of esters is 1. The molecule has 3 aliphatic heterocycles. The minimum Gasteiger partial charge on any atom is -0.463 e. The Morgan fingerprint density at radius 1 is 1.18 bits per heavy atom. The second kappa shape index (κ2) is 17.9. The highest BCUT2D eigenvalue weighted by Crippen LogP contribution is 2.35. The number of rotatable bonds is 17. The van der Waals surface area contributed by atoms with Crippen molar-refractivity contribution in [2.24, 2.45) is 11.8 Å². The molecule has 7 atom stereocenters. The molecule has 1 saturated heterocycles. The zero-order valence-corrected chi connectivity index (χ0v) is 27.2.